The number of Topliss-reactive ketones (excluding diaryl/α,β-unsaturated/α-hetero) is 2. The van der Waals surface area contributed by atoms with E-state index >= 15 is 0 Å². The molecule has 0 aromatic carbocycles. The van der Waals surface area contributed by atoms with Crippen molar-refractivity contribution in [2.45, 2.75) is 33.6 Å². The molecule has 18 heavy (non-hydrogen) atoms. The normalized spacial score (nSPS) is 32.6. The Hall–Kier alpha value is -0.830. The number of carbonyl (C=O) groups is 2. The second-order valence-electron chi connectivity index (χ2n) is 5.29. The molecule has 2 rings (SSSR count). The van der Waals surface area contributed by atoms with Crippen molar-refractivity contribution in [1.29, 1.82) is 0 Å². The van der Waals surface area contributed by atoms with Gasteiger partial charge in [0.25, 0.3) is 0 Å². The molecular weight excluding hydrogens is 264 g/mol. The summed E-state index contributed by atoms with van der Waals surface area (Å²) >= 11 is 0. The van der Waals surface area contributed by atoms with E-state index in [2.05, 4.69) is 0 Å². The molecule has 0 heterocycles. The van der Waals surface area contributed by atoms with Crippen LogP contribution in [0.1, 0.15) is 33.6 Å². The van der Waals surface area contributed by atoms with E-state index < -0.39 is 10.4 Å². The Bertz CT molecular complexity index is 457. The molecule has 2 saturated carbocycles. The summed E-state index contributed by atoms with van der Waals surface area (Å²) in [7, 11) is -4.67. The van der Waals surface area contributed by atoms with Crippen molar-refractivity contribution < 1.29 is 32.6 Å². The zero-order valence-corrected chi connectivity index (χ0v) is 11.2. The highest BCUT2D eigenvalue weighted by Crippen LogP contribution is 2.61. The average molecular weight is 282 g/mol. The maximum absolute atomic E-state index is 11.6. The van der Waals surface area contributed by atoms with Gasteiger partial charge in [-0.05, 0) is 18.3 Å². The number of rotatable bonds is 0. The third kappa shape index (κ3) is 2.61. The first-order valence-corrected chi connectivity index (χ1v) is 6.59. The number of carbonyl (C=O) groups excluding carboxylic acids is 2. The lowest BCUT2D eigenvalue weighted by molar-refractivity contribution is -0.141. The van der Waals surface area contributed by atoms with Gasteiger partial charge in [-0.25, -0.2) is 0 Å². The Kier molecular flexibility index (Phi) is 4.47. The van der Waals surface area contributed by atoms with E-state index in [1.807, 2.05) is 20.8 Å². The van der Waals surface area contributed by atoms with Crippen molar-refractivity contribution in [1.82, 2.24) is 0 Å². The predicted molar refractivity (Wildman–Crippen MR) is 62.4 cm³/mol. The fourth-order valence-electron chi connectivity index (χ4n) is 2.80. The van der Waals surface area contributed by atoms with Crippen LogP contribution < -0.4 is 0 Å². The maximum Gasteiger partial charge on any atom is 0.394 e. The summed E-state index contributed by atoms with van der Waals surface area (Å²) in [6, 6.07) is 0. The van der Waals surface area contributed by atoms with E-state index in [1.165, 1.54) is 0 Å². The Morgan fingerprint density at radius 2 is 1.56 bits per heavy atom. The quantitative estimate of drug-likeness (QED) is 0.477. The smallest absolute Gasteiger partial charge is 0.394 e. The Morgan fingerprint density at radius 1 is 1.17 bits per heavy atom. The van der Waals surface area contributed by atoms with Crippen LogP contribution in [0.15, 0.2) is 0 Å². The molecule has 0 saturated heterocycles. The van der Waals surface area contributed by atoms with Gasteiger partial charge in [0.15, 0.2) is 0 Å². The van der Waals surface area contributed by atoms with Gasteiger partial charge in [0.05, 0.1) is 0 Å². The van der Waals surface area contributed by atoms with Gasteiger partial charge in [0, 0.05) is 11.3 Å². The minimum Gasteiger partial charge on any atom is -0.412 e. The van der Waals surface area contributed by atoms with Crippen molar-refractivity contribution >= 4 is 22.0 Å². The van der Waals surface area contributed by atoms with E-state index in [4.69, 9.17) is 17.5 Å². The molecule has 2 unspecified atom stereocenters. The molecule has 0 aromatic rings. The van der Waals surface area contributed by atoms with Crippen LogP contribution in [-0.4, -0.2) is 34.6 Å². The van der Waals surface area contributed by atoms with Gasteiger partial charge in [-0.1, -0.05) is 20.8 Å². The molecular formula is C10H18O7S. The summed E-state index contributed by atoms with van der Waals surface area (Å²) in [5.74, 6) is -0.229. The van der Waals surface area contributed by atoms with Gasteiger partial charge >= 0.3 is 10.4 Å². The zero-order chi connectivity index (χ0) is 13.6. The number of hydrogen-bond donors (Lipinski definition) is 2. The monoisotopic (exact) mass is 282 g/mol. The van der Waals surface area contributed by atoms with Gasteiger partial charge in [0.1, 0.15) is 0 Å². The minimum atomic E-state index is -4.67. The lowest BCUT2D eigenvalue weighted by atomic mass is 9.70. The van der Waals surface area contributed by atoms with Gasteiger partial charge in [-0.3, -0.25) is 18.7 Å². The van der Waals surface area contributed by atoms with Gasteiger partial charge in [0.2, 0.25) is 11.6 Å². The van der Waals surface area contributed by atoms with Crippen LogP contribution >= 0.6 is 0 Å². The number of ketones is 2. The first-order chi connectivity index (χ1) is 7.41. The number of hydrogen-bond acceptors (Lipinski definition) is 4. The molecule has 0 radical (unpaired) electrons. The highest BCUT2D eigenvalue weighted by molar-refractivity contribution is 7.79. The molecule has 0 amide bonds. The third-order valence-electron chi connectivity index (χ3n) is 4.27. The maximum atomic E-state index is 11.6. The van der Waals surface area contributed by atoms with Crippen molar-refractivity contribution in [2.24, 2.45) is 16.7 Å². The molecule has 2 aliphatic rings. The highest BCUT2D eigenvalue weighted by atomic mass is 32.3. The number of fused-ring (bicyclic) bond motifs is 2. The topological polar surface area (TPSA) is 140 Å². The van der Waals surface area contributed by atoms with Crippen LogP contribution in [0.5, 0.6) is 0 Å². The van der Waals surface area contributed by atoms with Gasteiger partial charge in [-0.15, -0.1) is 0 Å². The summed E-state index contributed by atoms with van der Waals surface area (Å²) in [6.45, 7) is 6.04. The Labute approximate surface area is 105 Å². The summed E-state index contributed by atoms with van der Waals surface area (Å²) in [5, 5.41) is 0. The van der Waals surface area contributed by atoms with Crippen molar-refractivity contribution in [3.8, 4) is 0 Å². The summed E-state index contributed by atoms with van der Waals surface area (Å²) in [6.07, 6.45) is 1.81. The fourth-order valence-corrected chi connectivity index (χ4v) is 2.80. The van der Waals surface area contributed by atoms with E-state index in [1.54, 1.807) is 0 Å². The van der Waals surface area contributed by atoms with Crippen LogP contribution in [0.25, 0.3) is 0 Å². The molecule has 4 N–H and O–H groups in total. The van der Waals surface area contributed by atoms with Gasteiger partial charge < -0.3 is 5.48 Å². The molecule has 0 aromatic heterocycles. The van der Waals surface area contributed by atoms with Crippen molar-refractivity contribution in [3.05, 3.63) is 0 Å². The molecule has 106 valence electrons. The predicted octanol–water partition coefficient (Wildman–Crippen LogP) is 0.103. The van der Waals surface area contributed by atoms with E-state index in [0.29, 0.717) is 0 Å². The van der Waals surface area contributed by atoms with Crippen molar-refractivity contribution in [3.63, 3.8) is 0 Å². The van der Waals surface area contributed by atoms with Crippen LogP contribution in [0.2, 0.25) is 0 Å². The van der Waals surface area contributed by atoms with E-state index in [0.717, 1.165) is 12.8 Å². The molecule has 2 atom stereocenters. The molecule has 0 aliphatic heterocycles. The SMILES string of the molecule is CC12CCC(C(=O)C1=O)C2(C)C.O.O=S(=O)(O)O. The largest absolute Gasteiger partial charge is 0.412 e. The zero-order valence-electron chi connectivity index (χ0n) is 10.4. The second kappa shape index (κ2) is 4.69. The highest BCUT2D eigenvalue weighted by Gasteiger charge is 2.66. The molecule has 8 heteroatoms. The molecule has 7 nitrogen and oxygen atoms in total. The van der Waals surface area contributed by atoms with Crippen molar-refractivity contribution in [2.75, 3.05) is 0 Å². The van der Waals surface area contributed by atoms with Crippen LogP contribution in [-0.2, 0) is 20.0 Å². The van der Waals surface area contributed by atoms with E-state index in [-0.39, 0.29) is 33.8 Å². The van der Waals surface area contributed by atoms with Gasteiger partial charge in [-0.2, -0.15) is 8.42 Å². The van der Waals surface area contributed by atoms with Crippen LogP contribution in [0.3, 0.4) is 0 Å². The first kappa shape index (κ1) is 17.2. The summed E-state index contributed by atoms with van der Waals surface area (Å²) in [5.41, 5.74) is -0.448. The molecule has 2 bridgehead atoms. The lowest BCUT2D eigenvalue weighted by Crippen LogP contribution is -2.33. The van der Waals surface area contributed by atoms with E-state index in [9.17, 15) is 9.59 Å². The molecule has 0 spiro atoms. The third-order valence-corrected chi connectivity index (χ3v) is 4.27. The Balaban J connectivity index is 0.000000421. The molecule has 2 aliphatic carbocycles. The fraction of sp³-hybridized carbons (Fsp3) is 0.800. The second-order valence-corrected chi connectivity index (χ2v) is 6.18. The standard InChI is InChI=1S/C10H14O2.H2O4S.H2O/c1-9(2)6-4-5-10(9,3)8(12)7(6)11;1-5(2,3)4;/h6H,4-5H2,1-3H3;(H2,1,2,3,4);1H2. The average Bonchev–Trinajstić information content (AvgIpc) is 2.39. The minimum absolute atomic E-state index is 0. The molecule has 2 fully saturated rings. The Morgan fingerprint density at radius 3 is 1.72 bits per heavy atom. The summed E-state index contributed by atoms with van der Waals surface area (Å²) < 4.78 is 31.6. The summed E-state index contributed by atoms with van der Waals surface area (Å²) in [4.78, 5) is 23.0. The van der Waals surface area contributed by atoms with Crippen LogP contribution in [0, 0.1) is 16.7 Å². The van der Waals surface area contributed by atoms with Crippen LogP contribution in [0.4, 0.5) is 0 Å². The lowest BCUT2D eigenvalue weighted by Gasteiger charge is -2.31. The first-order valence-electron chi connectivity index (χ1n) is 5.20.